The van der Waals surface area contributed by atoms with Gasteiger partial charge in [0.05, 0.1) is 20.8 Å². The van der Waals surface area contributed by atoms with E-state index < -0.39 is 0 Å². The van der Waals surface area contributed by atoms with Gasteiger partial charge < -0.3 is 14.4 Å². The molecule has 0 aliphatic carbocycles. The van der Waals surface area contributed by atoms with Crippen LogP contribution in [0.2, 0.25) is 0 Å². The molecule has 0 bridgehead atoms. The van der Waals surface area contributed by atoms with Gasteiger partial charge in [-0.1, -0.05) is 19.1 Å². The quantitative estimate of drug-likeness (QED) is 0.662. The summed E-state index contributed by atoms with van der Waals surface area (Å²) in [4.78, 5) is 19.8. The van der Waals surface area contributed by atoms with Gasteiger partial charge in [0, 0.05) is 24.2 Å². The van der Waals surface area contributed by atoms with Gasteiger partial charge in [0.2, 0.25) is 0 Å². The molecule has 0 spiro atoms. The fraction of sp³-hybridized carbons (Fsp3) is 0.391. The topological polar surface area (TPSA) is 51.1 Å². The molecule has 0 fully saturated rings. The number of ketones is 1. The maximum Gasteiger partial charge on any atom is 0.182 e. The van der Waals surface area contributed by atoms with Crippen LogP contribution in [0, 0.1) is 0 Å². The number of carbonyl (C=O) groups excluding carboxylic acids is 1. The van der Waals surface area contributed by atoms with Gasteiger partial charge in [0.1, 0.15) is 5.84 Å². The summed E-state index contributed by atoms with van der Waals surface area (Å²) in [6, 6.07) is 13.7. The van der Waals surface area contributed by atoms with E-state index in [-0.39, 0.29) is 12.3 Å². The van der Waals surface area contributed by atoms with Gasteiger partial charge in [-0.3, -0.25) is 9.79 Å². The fourth-order valence-electron chi connectivity index (χ4n) is 3.39. The molecule has 2 aromatic carbocycles. The fourth-order valence-corrected chi connectivity index (χ4v) is 3.39. The lowest BCUT2D eigenvalue weighted by atomic mass is 10.1. The highest BCUT2D eigenvalue weighted by molar-refractivity contribution is 6.07. The van der Waals surface area contributed by atoms with Crippen molar-refractivity contribution >= 4 is 17.3 Å². The molecular weight excluding hydrogens is 352 g/mol. The van der Waals surface area contributed by atoms with Crippen LogP contribution in [0.5, 0.6) is 11.5 Å². The van der Waals surface area contributed by atoms with Gasteiger partial charge in [-0.25, -0.2) is 0 Å². The van der Waals surface area contributed by atoms with Crippen LogP contribution in [0.15, 0.2) is 47.5 Å². The first kappa shape index (κ1) is 19.9. The molecule has 0 atom stereocenters. The van der Waals surface area contributed by atoms with E-state index in [4.69, 9.17) is 14.5 Å². The number of aryl methyl sites for hydroxylation is 1. The predicted molar refractivity (Wildman–Crippen MR) is 113 cm³/mol. The highest BCUT2D eigenvalue weighted by Gasteiger charge is 2.21. The summed E-state index contributed by atoms with van der Waals surface area (Å²) in [5, 5.41) is 0. The van der Waals surface area contributed by atoms with Crippen molar-refractivity contribution in [1.29, 1.82) is 0 Å². The molecule has 0 N–H and O–H groups in total. The molecule has 148 valence electrons. The van der Waals surface area contributed by atoms with Crippen molar-refractivity contribution in [2.45, 2.75) is 32.6 Å². The second-order valence-electron chi connectivity index (χ2n) is 6.85. The summed E-state index contributed by atoms with van der Waals surface area (Å²) in [6.07, 6.45) is 4.10. The third-order valence-corrected chi connectivity index (χ3v) is 5.08. The number of carbonyl (C=O) groups is 1. The number of nitrogens with zero attached hydrogens (tertiary/aromatic N) is 2. The largest absolute Gasteiger partial charge is 0.493 e. The van der Waals surface area contributed by atoms with E-state index >= 15 is 0 Å². The van der Waals surface area contributed by atoms with E-state index in [1.165, 1.54) is 5.56 Å². The van der Waals surface area contributed by atoms with E-state index in [1.54, 1.807) is 32.4 Å². The number of ether oxygens (including phenoxy) is 2. The van der Waals surface area contributed by atoms with Crippen LogP contribution in [-0.4, -0.2) is 38.9 Å². The third-order valence-electron chi connectivity index (χ3n) is 5.08. The normalized spacial score (nSPS) is 13.6. The molecule has 0 radical (unpaired) electrons. The van der Waals surface area contributed by atoms with Crippen molar-refractivity contribution in [3.05, 3.63) is 53.6 Å². The highest BCUT2D eigenvalue weighted by atomic mass is 16.5. The smallest absolute Gasteiger partial charge is 0.182 e. The maximum atomic E-state index is 13.1. The van der Waals surface area contributed by atoms with Crippen LogP contribution in [0.4, 0.5) is 5.69 Å². The van der Waals surface area contributed by atoms with E-state index in [2.05, 4.69) is 36.1 Å². The zero-order chi connectivity index (χ0) is 19.9. The molecule has 28 heavy (non-hydrogen) atoms. The molecule has 0 saturated carbocycles. The lowest BCUT2D eigenvalue weighted by Crippen LogP contribution is -2.37. The molecule has 5 nitrogen and oxygen atoms in total. The number of benzene rings is 2. The molecule has 5 heteroatoms. The van der Waals surface area contributed by atoms with Crippen molar-refractivity contribution in [2.75, 3.05) is 32.2 Å². The molecule has 0 amide bonds. The van der Waals surface area contributed by atoms with Gasteiger partial charge >= 0.3 is 0 Å². The van der Waals surface area contributed by atoms with E-state index in [0.717, 1.165) is 43.8 Å². The SMILES string of the molecule is CCc1ccc(N(CC(=O)c2ccc(OC)c(OC)c2)C2=NCCCC2)cc1. The second kappa shape index (κ2) is 9.40. The van der Waals surface area contributed by atoms with Crippen LogP contribution in [-0.2, 0) is 6.42 Å². The zero-order valence-electron chi connectivity index (χ0n) is 16.9. The minimum atomic E-state index is 0.0220. The molecule has 1 heterocycles. The first-order chi connectivity index (χ1) is 13.7. The molecule has 2 aromatic rings. The molecule has 0 unspecified atom stereocenters. The van der Waals surface area contributed by atoms with E-state index in [1.807, 2.05) is 0 Å². The Bertz CT molecular complexity index is 843. The van der Waals surface area contributed by atoms with Gasteiger partial charge in [0.25, 0.3) is 0 Å². The van der Waals surface area contributed by atoms with Gasteiger partial charge in [-0.05, 0) is 55.2 Å². The molecule has 1 aliphatic heterocycles. The monoisotopic (exact) mass is 380 g/mol. The number of Topliss-reactive ketones (excluding diaryl/α,β-unsaturated/α-hetero) is 1. The Morgan fingerprint density at radius 1 is 1.04 bits per heavy atom. The average Bonchev–Trinajstić information content (AvgIpc) is 2.77. The second-order valence-corrected chi connectivity index (χ2v) is 6.85. The Morgan fingerprint density at radius 2 is 1.79 bits per heavy atom. The van der Waals surface area contributed by atoms with Gasteiger partial charge in [-0.15, -0.1) is 0 Å². The first-order valence-corrected chi connectivity index (χ1v) is 9.81. The number of hydrogen-bond donors (Lipinski definition) is 0. The van der Waals surface area contributed by atoms with Crippen LogP contribution in [0.1, 0.15) is 42.1 Å². The van der Waals surface area contributed by atoms with Crippen LogP contribution in [0.25, 0.3) is 0 Å². The zero-order valence-corrected chi connectivity index (χ0v) is 16.9. The predicted octanol–water partition coefficient (Wildman–Crippen LogP) is 4.54. The van der Waals surface area contributed by atoms with Crippen LogP contribution < -0.4 is 14.4 Å². The minimum Gasteiger partial charge on any atom is -0.493 e. The molecular formula is C23H28N2O3. The Labute approximate surface area is 167 Å². The highest BCUT2D eigenvalue weighted by Crippen LogP contribution is 2.28. The summed E-state index contributed by atoms with van der Waals surface area (Å²) in [5.41, 5.74) is 2.89. The van der Waals surface area contributed by atoms with Crippen molar-refractivity contribution in [3.63, 3.8) is 0 Å². The number of methoxy groups -OCH3 is 2. The van der Waals surface area contributed by atoms with Gasteiger partial charge in [-0.2, -0.15) is 0 Å². The maximum absolute atomic E-state index is 13.1. The van der Waals surface area contributed by atoms with E-state index in [0.29, 0.717) is 17.1 Å². The number of aliphatic imine (C=N–C) groups is 1. The molecule has 0 aromatic heterocycles. The summed E-state index contributed by atoms with van der Waals surface area (Å²) >= 11 is 0. The summed E-state index contributed by atoms with van der Waals surface area (Å²) in [7, 11) is 3.16. The third kappa shape index (κ3) is 4.53. The minimum absolute atomic E-state index is 0.0220. The average molecular weight is 380 g/mol. The Hall–Kier alpha value is -2.82. The summed E-state index contributed by atoms with van der Waals surface area (Å²) < 4.78 is 10.6. The number of hydrogen-bond acceptors (Lipinski definition) is 5. The summed E-state index contributed by atoms with van der Waals surface area (Å²) in [5.74, 6) is 2.18. The van der Waals surface area contributed by atoms with Crippen molar-refractivity contribution < 1.29 is 14.3 Å². The van der Waals surface area contributed by atoms with Crippen molar-refractivity contribution in [2.24, 2.45) is 4.99 Å². The van der Waals surface area contributed by atoms with Crippen molar-refractivity contribution in [1.82, 2.24) is 0 Å². The summed E-state index contributed by atoms with van der Waals surface area (Å²) in [6.45, 7) is 3.21. The van der Waals surface area contributed by atoms with Crippen LogP contribution in [0.3, 0.4) is 0 Å². The van der Waals surface area contributed by atoms with E-state index in [9.17, 15) is 4.79 Å². The van der Waals surface area contributed by atoms with Crippen LogP contribution >= 0.6 is 0 Å². The lowest BCUT2D eigenvalue weighted by Gasteiger charge is -2.28. The number of amidine groups is 1. The standard InChI is InChI=1S/C23H28N2O3/c1-4-17-8-11-19(12-9-17)25(23-7-5-6-14-24-23)16-20(26)18-10-13-21(27-2)22(15-18)28-3/h8-13,15H,4-7,14,16H2,1-3H3. The Morgan fingerprint density at radius 3 is 2.39 bits per heavy atom. The molecule has 0 saturated heterocycles. The molecule has 3 rings (SSSR count). The lowest BCUT2D eigenvalue weighted by molar-refractivity contribution is 0.100. The molecule has 1 aliphatic rings. The first-order valence-electron chi connectivity index (χ1n) is 9.81. The Balaban J connectivity index is 1.88. The Kier molecular flexibility index (Phi) is 6.69. The number of anilines is 1. The van der Waals surface area contributed by atoms with Gasteiger partial charge in [0.15, 0.2) is 17.3 Å². The van der Waals surface area contributed by atoms with Crippen molar-refractivity contribution in [3.8, 4) is 11.5 Å². The number of rotatable bonds is 7.